The number of benzene rings is 4. The van der Waals surface area contributed by atoms with Crippen molar-refractivity contribution in [3.05, 3.63) is 114 Å². The average molecular weight is 600 g/mol. The minimum atomic E-state index is -3.41. The first-order chi connectivity index (χ1) is 20.7. The molecule has 4 aromatic rings. The quantitative estimate of drug-likeness (QED) is 0.192. The Morgan fingerprint density at radius 2 is 1.53 bits per heavy atom. The monoisotopic (exact) mass is 599 g/mol. The normalized spacial score (nSPS) is 13.2. The van der Waals surface area contributed by atoms with Crippen LogP contribution in [0.1, 0.15) is 29.5 Å². The third-order valence-corrected chi connectivity index (χ3v) is 7.89. The summed E-state index contributed by atoms with van der Waals surface area (Å²) in [7, 11) is -3.41. The molecule has 0 radical (unpaired) electrons. The Balaban J connectivity index is 1.27. The predicted molar refractivity (Wildman–Crippen MR) is 170 cm³/mol. The molecular weight excluding hydrogens is 562 g/mol. The van der Waals surface area contributed by atoms with Crippen LogP contribution in [0.2, 0.25) is 0 Å². The van der Waals surface area contributed by atoms with Crippen LogP contribution in [0.4, 0.5) is 11.4 Å². The summed E-state index contributed by atoms with van der Waals surface area (Å²) in [6.45, 7) is 5.03. The number of hydrogen-bond acceptors (Lipinski definition) is 6. The minimum Gasteiger partial charge on any atom is -0.492 e. The van der Waals surface area contributed by atoms with E-state index in [2.05, 4.69) is 21.8 Å². The second-order valence-electron chi connectivity index (χ2n) is 10.7. The second kappa shape index (κ2) is 13.6. The molecule has 0 atom stereocenters. The van der Waals surface area contributed by atoms with Gasteiger partial charge in [0.05, 0.1) is 18.5 Å². The van der Waals surface area contributed by atoms with Crippen LogP contribution in [0.3, 0.4) is 0 Å². The standard InChI is InChI=1S/C34H37N3O5S/c1-26-32(35-43(2,39)40)13-7-14-33(26)37(24-27-9-4-3-5-10-27)25-28-16-18-29(19-17-28)42-31-12-6-11-30(23-31)41-22-21-36-20-8-15-34(36)38/h3-7,9-14,16-19,23,35H,8,15,20-22,24-25H2,1-2H3. The van der Waals surface area contributed by atoms with E-state index in [1.807, 2.05) is 90.7 Å². The molecule has 0 bridgehead atoms. The van der Waals surface area contributed by atoms with Crippen LogP contribution in [-0.4, -0.2) is 45.2 Å². The first kappa shape index (κ1) is 30.0. The maximum absolute atomic E-state index is 11.9. The molecule has 5 rings (SSSR count). The second-order valence-corrected chi connectivity index (χ2v) is 12.5. The highest BCUT2D eigenvalue weighted by Crippen LogP contribution is 2.31. The van der Waals surface area contributed by atoms with E-state index in [0.717, 1.165) is 41.6 Å². The largest absolute Gasteiger partial charge is 0.492 e. The van der Waals surface area contributed by atoms with E-state index in [4.69, 9.17) is 9.47 Å². The van der Waals surface area contributed by atoms with Gasteiger partial charge in [-0.05, 0) is 66.4 Å². The summed E-state index contributed by atoms with van der Waals surface area (Å²) in [6, 6.07) is 31.3. The van der Waals surface area contributed by atoms with Crippen LogP contribution in [0, 0.1) is 6.92 Å². The van der Waals surface area contributed by atoms with Gasteiger partial charge in [0, 0.05) is 37.8 Å². The fourth-order valence-electron chi connectivity index (χ4n) is 5.17. The van der Waals surface area contributed by atoms with Crippen molar-refractivity contribution < 1.29 is 22.7 Å². The van der Waals surface area contributed by atoms with Crippen molar-refractivity contribution in [3.63, 3.8) is 0 Å². The van der Waals surface area contributed by atoms with Crippen molar-refractivity contribution in [1.82, 2.24) is 4.90 Å². The number of carbonyl (C=O) groups is 1. The topological polar surface area (TPSA) is 88.2 Å². The Bertz CT molecular complexity index is 1640. The predicted octanol–water partition coefficient (Wildman–Crippen LogP) is 6.37. The van der Waals surface area contributed by atoms with Gasteiger partial charge in [-0.2, -0.15) is 0 Å². The number of likely N-dealkylation sites (tertiary alicyclic amines) is 1. The van der Waals surface area contributed by atoms with Gasteiger partial charge in [0.2, 0.25) is 15.9 Å². The first-order valence-electron chi connectivity index (χ1n) is 14.4. The molecule has 1 saturated heterocycles. The van der Waals surface area contributed by atoms with Gasteiger partial charge in [0.15, 0.2) is 0 Å². The van der Waals surface area contributed by atoms with Gasteiger partial charge < -0.3 is 19.3 Å². The number of nitrogens with one attached hydrogen (secondary N) is 1. The fraction of sp³-hybridized carbons (Fsp3) is 0.265. The van der Waals surface area contributed by atoms with E-state index in [1.54, 1.807) is 6.07 Å². The Labute approximate surface area is 253 Å². The molecule has 1 aliphatic rings. The highest BCUT2D eigenvalue weighted by atomic mass is 32.2. The number of nitrogens with zero attached hydrogens (tertiary/aromatic N) is 2. The molecule has 1 N–H and O–H groups in total. The van der Waals surface area contributed by atoms with Crippen molar-refractivity contribution in [3.8, 4) is 17.2 Å². The van der Waals surface area contributed by atoms with E-state index in [9.17, 15) is 13.2 Å². The Morgan fingerprint density at radius 1 is 0.837 bits per heavy atom. The van der Waals surface area contributed by atoms with Crippen molar-refractivity contribution in [2.75, 3.05) is 35.6 Å². The summed E-state index contributed by atoms with van der Waals surface area (Å²) in [5.41, 5.74) is 4.61. The molecule has 0 unspecified atom stereocenters. The zero-order valence-electron chi connectivity index (χ0n) is 24.5. The summed E-state index contributed by atoms with van der Waals surface area (Å²) in [4.78, 5) is 15.9. The van der Waals surface area contributed by atoms with Crippen LogP contribution in [-0.2, 0) is 27.9 Å². The molecule has 0 aliphatic carbocycles. The molecule has 0 spiro atoms. The van der Waals surface area contributed by atoms with Gasteiger partial charge in [-0.1, -0.05) is 54.6 Å². The number of carbonyl (C=O) groups excluding carboxylic acids is 1. The summed E-state index contributed by atoms with van der Waals surface area (Å²) in [6.07, 6.45) is 2.71. The van der Waals surface area contributed by atoms with Gasteiger partial charge in [-0.15, -0.1) is 0 Å². The molecule has 1 fully saturated rings. The number of rotatable bonds is 13. The number of hydrogen-bond donors (Lipinski definition) is 1. The third-order valence-electron chi connectivity index (χ3n) is 7.30. The highest BCUT2D eigenvalue weighted by Gasteiger charge is 2.19. The lowest BCUT2D eigenvalue weighted by atomic mass is 10.1. The van der Waals surface area contributed by atoms with Crippen LogP contribution in [0.15, 0.2) is 97.1 Å². The average Bonchev–Trinajstić information content (AvgIpc) is 3.39. The Morgan fingerprint density at radius 3 is 2.23 bits per heavy atom. The summed E-state index contributed by atoms with van der Waals surface area (Å²) < 4.78 is 38.5. The van der Waals surface area contributed by atoms with Gasteiger partial charge in [-0.25, -0.2) is 8.42 Å². The van der Waals surface area contributed by atoms with Crippen molar-refractivity contribution in [1.29, 1.82) is 0 Å². The first-order valence-corrected chi connectivity index (χ1v) is 16.3. The molecule has 224 valence electrons. The fourth-order valence-corrected chi connectivity index (χ4v) is 5.79. The Kier molecular flexibility index (Phi) is 9.51. The lowest BCUT2D eigenvalue weighted by Crippen LogP contribution is -2.29. The number of amides is 1. The van der Waals surface area contributed by atoms with Gasteiger partial charge in [0.25, 0.3) is 0 Å². The molecule has 9 heteroatoms. The molecule has 1 aliphatic heterocycles. The number of sulfonamides is 1. The van der Waals surface area contributed by atoms with Crippen LogP contribution in [0.5, 0.6) is 17.2 Å². The highest BCUT2D eigenvalue weighted by molar-refractivity contribution is 7.92. The Hall–Kier alpha value is -4.50. The zero-order chi connectivity index (χ0) is 30.2. The molecule has 1 amide bonds. The van der Waals surface area contributed by atoms with Crippen molar-refractivity contribution in [2.24, 2.45) is 0 Å². The van der Waals surface area contributed by atoms with Gasteiger partial charge in [-0.3, -0.25) is 9.52 Å². The van der Waals surface area contributed by atoms with Gasteiger partial charge >= 0.3 is 0 Å². The molecule has 4 aromatic carbocycles. The van der Waals surface area contributed by atoms with E-state index in [1.165, 1.54) is 0 Å². The van der Waals surface area contributed by atoms with Crippen molar-refractivity contribution in [2.45, 2.75) is 32.9 Å². The number of ether oxygens (including phenoxy) is 2. The molecule has 8 nitrogen and oxygen atoms in total. The molecule has 1 heterocycles. The van der Waals surface area contributed by atoms with Crippen LogP contribution >= 0.6 is 0 Å². The molecular formula is C34H37N3O5S. The summed E-state index contributed by atoms with van der Waals surface area (Å²) in [5.74, 6) is 2.26. The SMILES string of the molecule is Cc1c(NS(C)(=O)=O)cccc1N(Cc1ccccc1)Cc1ccc(Oc2cccc(OCCN3CCCC3=O)c2)cc1. The minimum absolute atomic E-state index is 0.194. The summed E-state index contributed by atoms with van der Waals surface area (Å²) in [5, 5.41) is 0. The van der Waals surface area contributed by atoms with E-state index >= 15 is 0 Å². The van der Waals surface area contributed by atoms with E-state index < -0.39 is 10.0 Å². The third kappa shape index (κ3) is 8.51. The summed E-state index contributed by atoms with van der Waals surface area (Å²) >= 11 is 0. The van der Waals surface area contributed by atoms with Crippen molar-refractivity contribution >= 4 is 27.3 Å². The van der Waals surface area contributed by atoms with Crippen LogP contribution < -0.4 is 19.1 Å². The zero-order valence-corrected chi connectivity index (χ0v) is 25.3. The lowest BCUT2D eigenvalue weighted by Gasteiger charge is -2.28. The molecule has 43 heavy (non-hydrogen) atoms. The smallest absolute Gasteiger partial charge is 0.229 e. The lowest BCUT2D eigenvalue weighted by molar-refractivity contribution is -0.128. The number of anilines is 2. The van der Waals surface area contributed by atoms with Crippen LogP contribution in [0.25, 0.3) is 0 Å². The van der Waals surface area contributed by atoms with E-state index in [-0.39, 0.29) is 5.91 Å². The molecule has 0 aromatic heterocycles. The maximum atomic E-state index is 11.9. The van der Waals surface area contributed by atoms with E-state index in [0.29, 0.717) is 55.6 Å². The molecule has 0 saturated carbocycles. The maximum Gasteiger partial charge on any atom is 0.229 e. The van der Waals surface area contributed by atoms with Gasteiger partial charge in [0.1, 0.15) is 23.9 Å².